The molecule has 4 nitrogen and oxygen atoms in total. The summed E-state index contributed by atoms with van der Waals surface area (Å²) in [4.78, 5) is 12.6. The molecule has 0 saturated heterocycles. The van der Waals surface area contributed by atoms with Crippen LogP contribution in [0.4, 0.5) is 30.7 Å². The second kappa shape index (κ2) is 11.8. The second-order valence-corrected chi connectivity index (χ2v) is 8.56. The molecule has 1 unspecified atom stereocenters. The van der Waals surface area contributed by atoms with Crippen molar-refractivity contribution >= 4 is 22.6 Å². The Hall–Kier alpha value is -2.73. The summed E-state index contributed by atoms with van der Waals surface area (Å²) in [5, 5.41) is 13.7. The number of benzene rings is 2. The average molecular weight is 525 g/mol. The molecule has 0 saturated carbocycles. The lowest BCUT2D eigenvalue weighted by Gasteiger charge is -2.15. The summed E-state index contributed by atoms with van der Waals surface area (Å²) in [6.07, 6.45) is -9.03. The molecule has 0 fully saturated rings. The van der Waals surface area contributed by atoms with Crippen LogP contribution < -0.4 is 10.6 Å². The molecule has 3 N–H and O–H groups in total. The fraction of sp³-hybridized carbons (Fsp3) is 0.348. The smallest absolute Gasteiger partial charge is 0.395 e. The van der Waals surface area contributed by atoms with Crippen LogP contribution in [0.25, 0.3) is 4.91 Å². The molecule has 3 rings (SSSR count). The van der Waals surface area contributed by atoms with E-state index >= 15 is 0 Å². The van der Waals surface area contributed by atoms with E-state index in [9.17, 15) is 35.5 Å². The van der Waals surface area contributed by atoms with Gasteiger partial charge >= 0.3 is 12.4 Å². The van der Waals surface area contributed by atoms with Crippen LogP contribution >= 0.6 is 11.8 Å². The van der Waals surface area contributed by atoms with Crippen molar-refractivity contribution in [2.24, 2.45) is 0 Å². The van der Waals surface area contributed by atoms with Crippen LogP contribution in [0.3, 0.4) is 0 Å². The van der Waals surface area contributed by atoms with Gasteiger partial charge in [0.05, 0.1) is 35.8 Å². The van der Waals surface area contributed by atoms with Gasteiger partial charge in [-0.3, -0.25) is 9.18 Å². The Morgan fingerprint density at radius 2 is 1.74 bits per heavy atom. The number of thioether (sulfide) groups is 1. The largest absolute Gasteiger partial charge is 0.417 e. The maximum absolute atomic E-state index is 13.6. The summed E-state index contributed by atoms with van der Waals surface area (Å²) in [5.41, 5.74) is -1.18. The van der Waals surface area contributed by atoms with Crippen LogP contribution in [-0.2, 0) is 18.8 Å². The summed E-state index contributed by atoms with van der Waals surface area (Å²) >= 11 is 1.21. The molecule has 1 amide bonds. The summed E-state index contributed by atoms with van der Waals surface area (Å²) in [6, 6.07) is 8.26. The Balaban J connectivity index is 0.00000210. The topological polar surface area (TPSA) is 61.4 Å². The molecule has 0 bridgehead atoms. The van der Waals surface area contributed by atoms with Crippen molar-refractivity contribution in [1.29, 1.82) is 0 Å². The Bertz CT molecular complexity index is 1070. The summed E-state index contributed by atoms with van der Waals surface area (Å²) < 4.78 is 89.3. The third-order valence-electron chi connectivity index (χ3n) is 4.88. The van der Waals surface area contributed by atoms with E-state index in [1.807, 2.05) is 0 Å². The van der Waals surface area contributed by atoms with Crippen LogP contribution in [0.2, 0.25) is 0 Å². The maximum Gasteiger partial charge on any atom is 0.417 e. The van der Waals surface area contributed by atoms with Crippen molar-refractivity contribution in [1.82, 2.24) is 10.6 Å². The number of nitrogens with one attached hydrogen (secondary N) is 2. The van der Waals surface area contributed by atoms with Gasteiger partial charge in [0, 0.05) is 23.6 Å². The van der Waals surface area contributed by atoms with Gasteiger partial charge < -0.3 is 15.7 Å². The van der Waals surface area contributed by atoms with E-state index in [-0.39, 0.29) is 23.9 Å². The number of aliphatic hydroxyl groups is 1. The molecular weight excluding hydrogens is 501 g/mol. The van der Waals surface area contributed by atoms with E-state index in [1.54, 1.807) is 13.0 Å². The van der Waals surface area contributed by atoms with Gasteiger partial charge in [-0.2, -0.15) is 26.3 Å². The van der Waals surface area contributed by atoms with E-state index in [0.717, 1.165) is 24.3 Å². The van der Waals surface area contributed by atoms with Gasteiger partial charge in [0.25, 0.3) is 5.91 Å². The first-order valence-corrected chi connectivity index (χ1v) is 11.1. The number of aliphatic hydroxyl groups excluding tert-OH is 1. The minimum absolute atomic E-state index is 0.181. The van der Waals surface area contributed by atoms with Gasteiger partial charge in [-0.15, -0.1) is 0 Å². The fourth-order valence-corrected chi connectivity index (χ4v) is 4.71. The van der Waals surface area contributed by atoms with Crippen LogP contribution in [0.1, 0.15) is 39.5 Å². The molecule has 2 aromatic carbocycles. The van der Waals surface area contributed by atoms with Crippen molar-refractivity contribution in [3.8, 4) is 0 Å². The summed E-state index contributed by atoms with van der Waals surface area (Å²) in [6.45, 7) is 1.08. The first-order chi connectivity index (χ1) is 16.4. The lowest BCUT2D eigenvalue weighted by molar-refractivity contribution is -0.138. The molecule has 1 atom stereocenters. The van der Waals surface area contributed by atoms with Gasteiger partial charge in [0.1, 0.15) is 0 Å². The quantitative estimate of drug-likeness (QED) is 0.429. The van der Waals surface area contributed by atoms with Gasteiger partial charge in [0.15, 0.2) is 0 Å². The number of carbonyl (C=O) groups excluding carboxylic acids is 1. The molecule has 0 radical (unpaired) electrons. The molecule has 0 aliphatic carbocycles. The molecule has 192 valence electrons. The molecule has 0 aromatic heterocycles. The van der Waals surface area contributed by atoms with Crippen LogP contribution in [0.5, 0.6) is 0 Å². The predicted octanol–water partition coefficient (Wildman–Crippen LogP) is 5.63. The molecule has 12 heteroatoms. The Kier molecular flexibility index (Phi) is 9.61. The first kappa shape index (κ1) is 28.5. The first-order valence-electron chi connectivity index (χ1n) is 10.2. The van der Waals surface area contributed by atoms with Crippen LogP contribution in [0, 0.1) is 0 Å². The molecule has 1 heterocycles. The minimum Gasteiger partial charge on any atom is -0.395 e. The molecule has 1 aliphatic rings. The van der Waals surface area contributed by atoms with Crippen molar-refractivity contribution < 1.29 is 40.6 Å². The Labute approximate surface area is 201 Å². The van der Waals surface area contributed by atoms with Crippen molar-refractivity contribution in [2.75, 3.05) is 20.3 Å². The highest BCUT2D eigenvalue weighted by Crippen LogP contribution is 2.42. The fourth-order valence-electron chi connectivity index (χ4n) is 3.42. The zero-order valence-corrected chi connectivity index (χ0v) is 19.5. The highest BCUT2D eigenvalue weighted by molar-refractivity contribution is 8.09. The number of amides is 1. The zero-order chi connectivity index (χ0) is 26.4. The van der Waals surface area contributed by atoms with Gasteiger partial charge in [-0.25, -0.2) is 0 Å². The van der Waals surface area contributed by atoms with Crippen molar-refractivity contribution in [3.05, 3.63) is 76.0 Å². The van der Waals surface area contributed by atoms with Gasteiger partial charge in [-0.05, 0) is 36.2 Å². The lowest BCUT2D eigenvalue weighted by Crippen LogP contribution is -2.28. The highest BCUT2D eigenvalue weighted by atomic mass is 32.2. The van der Waals surface area contributed by atoms with E-state index in [1.165, 1.54) is 23.9 Å². The Morgan fingerprint density at radius 1 is 1.06 bits per heavy atom. The molecule has 1 aliphatic heterocycles. The summed E-state index contributed by atoms with van der Waals surface area (Å²) in [5.74, 6) is -0.951. The number of rotatable bonds is 6. The van der Waals surface area contributed by atoms with Gasteiger partial charge in [-0.1, -0.05) is 36.0 Å². The number of hydrogen-bond acceptors (Lipinski definition) is 4. The molecule has 0 spiro atoms. The van der Waals surface area contributed by atoms with Crippen LogP contribution in [-0.4, -0.2) is 36.7 Å². The highest BCUT2D eigenvalue weighted by Gasteiger charge is 2.36. The second-order valence-electron chi connectivity index (χ2n) is 7.34. The third kappa shape index (κ3) is 7.38. The van der Waals surface area contributed by atoms with E-state index in [0.29, 0.717) is 23.3 Å². The molecular formula is C23H23F7N2O2S. The zero-order valence-electron chi connectivity index (χ0n) is 18.6. The third-order valence-corrected chi connectivity index (χ3v) is 6.23. The Morgan fingerprint density at radius 3 is 2.34 bits per heavy atom. The number of carbonyl (C=O) groups is 1. The minimum atomic E-state index is -4.79. The van der Waals surface area contributed by atoms with E-state index in [4.69, 9.17) is 5.11 Å². The predicted molar refractivity (Wildman–Crippen MR) is 120 cm³/mol. The molecule has 35 heavy (non-hydrogen) atoms. The normalized spacial score (nSPS) is 15.9. The number of alkyl halides is 7. The monoisotopic (exact) mass is 524 g/mol. The standard InChI is InChI=1S/C22H20F6N2O2S.CH3F/c1-12-19(33-18(30-12)10-13-3-2-4-15(9-13)21(23,24)25)14-5-6-16(20(32)29-7-8-31)17(11-14)22(26,27)28;1-2/h2-6,9,11,18,30-31H,7-8,10H2,1H3,(H,29,32);1H3. The number of hydrogen-bond donors (Lipinski definition) is 3. The summed E-state index contributed by atoms with van der Waals surface area (Å²) in [7, 11) is 0.500. The van der Waals surface area contributed by atoms with Crippen LogP contribution in [0.15, 0.2) is 48.2 Å². The van der Waals surface area contributed by atoms with Crippen molar-refractivity contribution in [3.63, 3.8) is 0 Å². The number of halogens is 7. The average Bonchev–Trinajstić information content (AvgIpc) is 3.17. The molecule has 2 aromatic rings. The van der Waals surface area contributed by atoms with E-state index in [2.05, 4.69) is 10.6 Å². The number of allylic oxidation sites excluding steroid dienone is 1. The van der Waals surface area contributed by atoms with E-state index < -0.39 is 41.6 Å². The SMILES string of the molecule is CC1=C(c2ccc(C(=O)NCCO)c(C(F)(F)F)c2)SC(Cc2cccc(C(F)(F)F)c2)N1.CF. The lowest BCUT2D eigenvalue weighted by atomic mass is 10.0. The van der Waals surface area contributed by atoms with Crippen molar-refractivity contribution in [2.45, 2.75) is 31.1 Å². The van der Waals surface area contributed by atoms with Gasteiger partial charge in [0.2, 0.25) is 0 Å². The maximum atomic E-state index is 13.6.